The summed E-state index contributed by atoms with van der Waals surface area (Å²) in [6.45, 7) is 1.72. The van der Waals surface area contributed by atoms with Crippen LogP contribution in [0, 0.1) is 0 Å². The normalized spacial score (nSPS) is 21.9. The van der Waals surface area contributed by atoms with E-state index in [2.05, 4.69) is 5.32 Å². The minimum Gasteiger partial charge on any atom is -0.396 e. The lowest BCUT2D eigenvalue weighted by Crippen LogP contribution is -2.40. The van der Waals surface area contributed by atoms with Gasteiger partial charge in [0.1, 0.15) is 0 Å². The van der Waals surface area contributed by atoms with E-state index < -0.39 is 5.60 Å². The zero-order valence-electron chi connectivity index (χ0n) is 8.97. The Hall–Kier alpha value is -0.120. The van der Waals surface area contributed by atoms with Crippen LogP contribution in [0.25, 0.3) is 0 Å². The largest absolute Gasteiger partial charge is 0.396 e. The van der Waals surface area contributed by atoms with E-state index in [1.54, 1.807) is 0 Å². The highest BCUT2D eigenvalue weighted by atomic mass is 16.3. The average molecular weight is 201 g/mol. The van der Waals surface area contributed by atoms with Gasteiger partial charge < -0.3 is 15.5 Å². The van der Waals surface area contributed by atoms with Gasteiger partial charge in [-0.3, -0.25) is 0 Å². The van der Waals surface area contributed by atoms with E-state index >= 15 is 0 Å². The molecule has 0 radical (unpaired) electrons. The number of hydrogen-bond donors (Lipinski definition) is 3. The second kappa shape index (κ2) is 6.38. The van der Waals surface area contributed by atoms with Crippen LogP contribution in [0.5, 0.6) is 0 Å². The van der Waals surface area contributed by atoms with Crippen LogP contribution in [0.2, 0.25) is 0 Å². The maximum Gasteiger partial charge on any atom is 0.0771 e. The van der Waals surface area contributed by atoms with Gasteiger partial charge in [0.15, 0.2) is 0 Å². The van der Waals surface area contributed by atoms with Crippen molar-refractivity contribution in [2.45, 2.75) is 50.5 Å². The van der Waals surface area contributed by atoms with E-state index in [0.29, 0.717) is 6.54 Å². The number of hydrogen-bond acceptors (Lipinski definition) is 3. The Balaban J connectivity index is 2.17. The molecule has 0 bridgehead atoms. The Kier molecular flexibility index (Phi) is 5.45. The molecule has 0 aromatic heterocycles. The number of aliphatic hydroxyl groups is 2. The smallest absolute Gasteiger partial charge is 0.0771 e. The van der Waals surface area contributed by atoms with Crippen LogP contribution >= 0.6 is 0 Å². The van der Waals surface area contributed by atoms with Gasteiger partial charge in [-0.25, -0.2) is 0 Å². The van der Waals surface area contributed by atoms with Crippen LogP contribution in [0.1, 0.15) is 44.9 Å². The van der Waals surface area contributed by atoms with Crippen molar-refractivity contribution in [1.29, 1.82) is 0 Å². The van der Waals surface area contributed by atoms with Gasteiger partial charge in [0, 0.05) is 13.2 Å². The van der Waals surface area contributed by atoms with Crippen molar-refractivity contribution >= 4 is 0 Å². The van der Waals surface area contributed by atoms with Gasteiger partial charge in [0.2, 0.25) is 0 Å². The first-order valence-electron chi connectivity index (χ1n) is 5.81. The van der Waals surface area contributed by atoms with Gasteiger partial charge >= 0.3 is 0 Å². The van der Waals surface area contributed by atoms with Gasteiger partial charge in [0.25, 0.3) is 0 Å². The van der Waals surface area contributed by atoms with Crippen molar-refractivity contribution in [2.75, 3.05) is 19.7 Å². The van der Waals surface area contributed by atoms with Gasteiger partial charge in [-0.15, -0.1) is 0 Å². The molecule has 1 rings (SSSR count). The van der Waals surface area contributed by atoms with Crippen LogP contribution in [-0.2, 0) is 0 Å². The highest BCUT2D eigenvalue weighted by Gasteiger charge is 2.26. The van der Waals surface area contributed by atoms with Crippen molar-refractivity contribution in [3.05, 3.63) is 0 Å². The van der Waals surface area contributed by atoms with Crippen LogP contribution in [0.4, 0.5) is 0 Å². The lowest BCUT2D eigenvalue weighted by Gasteiger charge is -2.26. The second-order valence-electron chi connectivity index (χ2n) is 4.39. The Morgan fingerprint density at radius 2 is 1.71 bits per heavy atom. The molecule has 84 valence electrons. The molecule has 3 nitrogen and oxygen atoms in total. The minimum atomic E-state index is -0.480. The van der Waals surface area contributed by atoms with E-state index in [1.807, 2.05) is 0 Å². The molecule has 0 aliphatic heterocycles. The molecule has 1 saturated carbocycles. The van der Waals surface area contributed by atoms with Gasteiger partial charge in [-0.1, -0.05) is 25.7 Å². The number of aliphatic hydroxyl groups excluding tert-OH is 1. The molecule has 3 N–H and O–H groups in total. The fourth-order valence-corrected chi connectivity index (χ4v) is 2.09. The fourth-order valence-electron chi connectivity index (χ4n) is 2.09. The summed E-state index contributed by atoms with van der Waals surface area (Å²) in [7, 11) is 0. The van der Waals surface area contributed by atoms with Crippen molar-refractivity contribution in [2.24, 2.45) is 0 Å². The fraction of sp³-hybridized carbons (Fsp3) is 1.00. The summed E-state index contributed by atoms with van der Waals surface area (Å²) in [5, 5.41) is 22.0. The molecule has 0 unspecified atom stereocenters. The minimum absolute atomic E-state index is 0.228. The lowest BCUT2D eigenvalue weighted by atomic mass is 9.94. The topological polar surface area (TPSA) is 52.5 Å². The van der Waals surface area contributed by atoms with E-state index in [-0.39, 0.29) is 6.61 Å². The summed E-state index contributed by atoms with van der Waals surface area (Å²) in [5.41, 5.74) is -0.480. The standard InChI is InChI=1S/C11H23NO2/c13-9-5-8-12-10-11(14)6-3-1-2-4-7-11/h12-14H,1-10H2. The summed E-state index contributed by atoms with van der Waals surface area (Å²) in [5.74, 6) is 0. The van der Waals surface area contributed by atoms with Crippen molar-refractivity contribution in [1.82, 2.24) is 5.32 Å². The summed E-state index contributed by atoms with van der Waals surface area (Å²) in [6, 6.07) is 0. The van der Waals surface area contributed by atoms with E-state index in [9.17, 15) is 5.11 Å². The number of nitrogens with one attached hydrogen (secondary N) is 1. The third-order valence-corrected chi connectivity index (χ3v) is 3.00. The Bertz CT molecular complexity index is 142. The zero-order chi connectivity index (χ0) is 10.3. The molecule has 0 atom stereocenters. The predicted octanol–water partition coefficient (Wildman–Crippen LogP) is 1.04. The molecule has 1 fully saturated rings. The molecule has 0 aromatic rings. The first-order valence-corrected chi connectivity index (χ1v) is 5.81. The highest BCUT2D eigenvalue weighted by Crippen LogP contribution is 2.26. The molecule has 0 aromatic carbocycles. The molecular weight excluding hydrogens is 178 g/mol. The molecule has 0 heterocycles. The second-order valence-corrected chi connectivity index (χ2v) is 4.39. The van der Waals surface area contributed by atoms with Gasteiger partial charge in [-0.05, 0) is 25.8 Å². The Labute approximate surface area is 86.5 Å². The maximum atomic E-state index is 10.2. The highest BCUT2D eigenvalue weighted by molar-refractivity contribution is 4.82. The molecule has 1 aliphatic carbocycles. The van der Waals surface area contributed by atoms with Gasteiger partial charge in [0.05, 0.1) is 5.60 Å². The zero-order valence-corrected chi connectivity index (χ0v) is 8.97. The SMILES string of the molecule is OCCCNCC1(O)CCCCCC1. The average Bonchev–Trinajstić information content (AvgIpc) is 2.39. The first kappa shape index (κ1) is 12.0. The van der Waals surface area contributed by atoms with Crippen LogP contribution in [0.3, 0.4) is 0 Å². The van der Waals surface area contributed by atoms with Crippen molar-refractivity contribution in [3.63, 3.8) is 0 Å². The first-order chi connectivity index (χ1) is 6.77. The molecule has 3 heteroatoms. The van der Waals surface area contributed by atoms with Crippen LogP contribution in [0.15, 0.2) is 0 Å². The van der Waals surface area contributed by atoms with Crippen LogP contribution in [-0.4, -0.2) is 35.5 Å². The van der Waals surface area contributed by atoms with Gasteiger partial charge in [-0.2, -0.15) is 0 Å². The molecule has 0 spiro atoms. The van der Waals surface area contributed by atoms with Crippen molar-refractivity contribution in [3.8, 4) is 0 Å². The Morgan fingerprint density at radius 3 is 2.29 bits per heavy atom. The molecule has 1 aliphatic rings. The molecular formula is C11H23NO2. The Morgan fingerprint density at radius 1 is 1.07 bits per heavy atom. The monoisotopic (exact) mass is 201 g/mol. The predicted molar refractivity (Wildman–Crippen MR) is 57.2 cm³/mol. The van der Waals surface area contributed by atoms with Crippen molar-refractivity contribution < 1.29 is 10.2 Å². The summed E-state index contributed by atoms with van der Waals surface area (Å²) >= 11 is 0. The molecule has 14 heavy (non-hydrogen) atoms. The summed E-state index contributed by atoms with van der Waals surface area (Å²) < 4.78 is 0. The quantitative estimate of drug-likeness (QED) is 0.460. The van der Waals surface area contributed by atoms with E-state index in [0.717, 1.165) is 38.6 Å². The number of rotatable bonds is 5. The van der Waals surface area contributed by atoms with Crippen LogP contribution < -0.4 is 5.32 Å². The third kappa shape index (κ3) is 4.40. The lowest BCUT2D eigenvalue weighted by molar-refractivity contribution is 0.0252. The maximum absolute atomic E-state index is 10.2. The third-order valence-electron chi connectivity index (χ3n) is 3.00. The van der Waals surface area contributed by atoms with E-state index in [1.165, 1.54) is 12.8 Å². The molecule has 0 amide bonds. The van der Waals surface area contributed by atoms with E-state index in [4.69, 9.17) is 5.11 Å². The molecule has 0 saturated heterocycles. The summed E-state index contributed by atoms with van der Waals surface area (Å²) in [4.78, 5) is 0. The summed E-state index contributed by atoms with van der Waals surface area (Å²) in [6.07, 6.45) is 7.46.